The summed E-state index contributed by atoms with van der Waals surface area (Å²) in [5.74, 6) is -0.366. The number of allylic oxidation sites excluding steroid dienone is 1. The Balaban J connectivity index is 0.000000280. The summed E-state index contributed by atoms with van der Waals surface area (Å²) in [5.41, 5.74) is 0.438. The van der Waals surface area contributed by atoms with E-state index in [9.17, 15) is 4.79 Å². The van der Waals surface area contributed by atoms with Gasteiger partial charge in [-0.1, -0.05) is 12.7 Å². The zero-order valence-electron chi connectivity index (χ0n) is 8.36. The number of ether oxygens (including phenoxy) is 2. The molecule has 1 fully saturated rings. The van der Waals surface area contributed by atoms with E-state index in [0.717, 1.165) is 6.61 Å². The minimum Gasteiger partial charge on any atom is -0.466 e. The Morgan fingerprint density at radius 2 is 2.36 bits per heavy atom. The van der Waals surface area contributed by atoms with Crippen LogP contribution in [0.25, 0.3) is 0 Å². The molecular weight excluding hydrogens is 184 g/mol. The number of carbonyl (C=O) groups is 1. The molecule has 4 heteroatoms. The van der Waals surface area contributed by atoms with Crippen molar-refractivity contribution in [3.8, 4) is 0 Å². The Morgan fingerprint density at radius 3 is 2.57 bits per heavy atom. The summed E-state index contributed by atoms with van der Waals surface area (Å²) in [6, 6.07) is 0. The first kappa shape index (κ1) is 12.9. The van der Waals surface area contributed by atoms with Crippen molar-refractivity contribution in [1.29, 1.82) is 0 Å². The fourth-order valence-corrected chi connectivity index (χ4v) is 0.575. The van der Waals surface area contributed by atoms with Gasteiger partial charge in [-0.3, -0.25) is 0 Å². The molecular formula is C10H16O4. The molecule has 80 valence electrons. The lowest BCUT2D eigenvalue weighted by molar-refractivity contribution is -0.136. The third kappa shape index (κ3) is 6.39. The number of methoxy groups -OCH3 is 1. The Hall–Kier alpha value is -1.13. The maximum atomic E-state index is 10.5. The van der Waals surface area contributed by atoms with Crippen LogP contribution in [0.3, 0.4) is 0 Å². The molecule has 0 aromatic carbocycles. The topological polar surface area (TPSA) is 59.1 Å². The normalized spacial score (nSPS) is 17.4. The number of aliphatic hydroxyl groups excluding tert-OH is 1. The molecule has 14 heavy (non-hydrogen) atoms. The lowest BCUT2D eigenvalue weighted by atomic mass is 10.2. The number of carbonyl (C=O) groups excluding carboxylic acids is 1. The number of hydrogen-bond donors (Lipinski definition) is 1. The molecule has 0 bridgehead atoms. The summed E-state index contributed by atoms with van der Waals surface area (Å²) in [7, 11) is 1.33. The number of epoxide rings is 1. The second kappa shape index (κ2) is 7.29. The molecule has 1 N–H and O–H groups in total. The lowest BCUT2D eigenvalue weighted by Crippen LogP contribution is -2.01. The summed E-state index contributed by atoms with van der Waals surface area (Å²) in [6.45, 7) is 7.87. The largest absolute Gasteiger partial charge is 0.466 e. The summed E-state index contributed by atoms with van der Waals surface area (Å²) in [4.78, 5) is 10.5. The zero-order chi connectivity index (χ0) is 11.0. The van der Waals surface area contributed by atoms with Gasteiger partial charge < -0.3 is 14.6 Å². The summed E-state index contributed by atoms with van der Waals surface area (Å²) >= 11 is 0. The third-order valence-corrected chi connectivity index (χ3v) is 1.47. The van der Waals surface area contributed by atoms with Crippen LogP contribution in [0.5, 0.6) is 0 Å². The first-order valence-corrected chi connectivity index (χ1v) is 4.25. The minimum atomic E-state index is -0.366. The van der Waals surface area contributed by atoms with Gasteiger partial charge in [0.15, 0.2) is 0 Å². The number of hydrogen-bond acceptors (Lipinski definition) is 4. The van der Waals surface area contributed by atoms with Gasteiger partial charge in [-0.15, -0.1) is 6.58 Å². The van der Waals surface area contributed by atoms with Gasteiger partial charge in [0, 0.05) is 5.57 Å². The van der Waals surface area contributed by atoms with Gasteiger partial charge in [-0.2, -0.15) is 0 Å². The van der Waals surface area contributed by atoms with Crippen LogP contribution in [0.15, 0.2) is 24.8 Å². The van der Waals surface area contributed by atoms with E-state index in [4.69, 9.17) is 5.11 Å². The van der Waals surface area contributed by atoms with Crippen molar-refractivity contribution < 1.29 is 19.4 Å². The van der Waals surface area contributed by atoms with Crippen molar-refractivity contribution in [3.05, 3.63) is 24.8 Å². The smallest absolute Gasteiger partial charge is 0.333 e. The molecule has 0 saturated carbocycles. The van der Waals surface area contributed by atoms with Gasteiger partial charge in [0.1, 0.15) is 6.10 Å². The van der Waals surface area contributed by atoms with Crippen molar-refractivity contribution in [2.75, 3.05) is 20.3 Å². The van der Waals surface area contributed by atoms with E-state index < -0.39 is 0 Å². The van der Waals surface area contributed by atoms with E-state index in [1.165, 1.54) is 7.11 Å². The van der Waals surface area contributed by atoms with Crippen molar-refractivity contribution in [1.82, 2.24) is 0 Å². The van der Waals surface area contributed by atoms with Crippen LogP contribution in [0.2, 0.25) is 0 Å². The molecule has 1 saturated heterocycles. The van der Waals surface area contributed by atoms with Gasteiger partial charge in [-0.25, -0.2) is 4.79 Å². The highest BCUT2D eigenvalue weighted by Crippen LogP contribution is 2.04. The van der Waals surface area contributed by atoms with Gasteiger partial charge in [0.25, 0.3) is 0 Å². The molecule has 1 rings (SSSR count). The molecule has 1 atom stereocenters. The third-order valence-electron chi connectivity index (χ3n) is 1.47. The molecule has 1 aliphatic rings. The van der Waals surface area contributed by atoms with E-state index >= 15 is 0 Å². The van der Waals surface area contributed by atoms with Crippen molar-refractivity contribution in [3.63, 3.8) is 0 Å². The Bertz CT molecular complexity index is 206. The predicted octanol–water partition coefficient (Wildman–Crippen LogP) is 0.669. The van der Waals surface area contributed by atoms with Gasteiger partial charge in [0.2, 0.25) is 0 Å². The second-order valence-corrected chi connectivity index (χ2v) is 2.73. The average Bonchev–Trinajstić information content (AvgIpc) is 3.01. The summed E-state index contributed by atoms with van der Waals surface area (Å²) < 4.78 is 8.99. The van der Waals surface area contributed by atoms with Crippen LogP contribution in [-0.2, 0) is 14.3 Å². The summed E-state index contributed by atoms with van der Waals surface area (Å²) in [6.07, 6.45) is 2.29. The van der Waals surface area contributed by atoms with Crippen LogP contribution < -0.4 is 0 Å². The van der Waals surface area contributed by atoms with Crippen LogP contribution in [0.4, 0.5) is 0 Å². The lowest BCUT2D eigenvalue weighted by Gasteiger charge is -1.96. The highest BCUT2D eigenvalue weighted by Gasteiger charge is 2.19. The SMILES string of the molecule is C=CCC(=C)C(=O)OC.OCC1CO1. The number of esters is 1. The molecule has 1 heterocycles. The second-order valence-electron chi connectivity index (χ2n) is 2.73. The van der Waals surface area contributed by atoms with Gasteiger partial charge >= 0.3 is 5.97 Å². The van der Waals surface area contributed by atoms with E-state index in [-0.39, 0.29) is 18.7 Å². The van der Waals surface area contributed by atoms with Crippen molar-refractivity contribution in [2.24, 2.45) is 0 Å². The standard InChI is InChI=1S/C7H10O2.C3H6O2/c1-4-5-6(2)7(8)9-3;4-1-3-2-5-3/h4H,1-2,5H2,3H3;3-4H,1-2H2. The monoisotopic (exact) mass is 200 g/mol. The molecule has 4 nitrogen and oxygen atoms in total. The Morgan fingerprint density at radius 1 is 1.79 bits per heavy atom. The summed E-state index contributed by atoms with van der Waals surface area (Å²) in [5, 5.41) is 8.08. The molecule has 0 amide bonds. The van der Waals surface area contributed by atoms with Gasteiger partial charge in [0.05, 0.1) is 20.3 Å². The maximum absolute atomic E-state index is 10.5. The Labute approximate surface area is 83.8 Å². The van der Waals surface area contributed by atoms with E-state index in [0.29, 0.717) is 12.0 Å². The number of rotatable bonds is 4. The average molecular weight is 200 g/mol. The molecule has 0 spiro atoms. The molecule has 1 unspecified atom stereocenters. The van der Waals surface area contributed by atoms with E-state index in [1.54, 1.807) is 6.08 Å². The molecule has 0 aromatic heterocycles. The van der Waals surface area contributed by atoms with Crippen LogP contribution >= 0.6 is 0 Å². The highest BCUT2D eigenvalue weighted by atomic mass is 16.6. The van der Waals surface area contributed by atoms with Crippen molar-refractivity contribution in [2.45, 2.75) is 12.5 Å². The molecule has 0 aliphatic carbocycles. The quantitative estimate of drug-likeness (QED) is 0.313. The number of aliphatic hydroxyl groups is 1. The molecule has 1 aliphatic heterocycles. The van der Waals surface area contributed by atoms with E-state index in [1.807, 2.05) is 0 Å². The predicted molar refractivity (Wildman–Crippen MR) is 52.8 cm³/mol. The first-order valence-electron chi connectivity index (χ1n) is 4.25. The zero-order valence-corrected chi connectivity index (χ0v) is 8.36. The molecule has 0 radical (unpaired) electrons. The highest BCUT2D eigenvalue weighted by molar-refractivity contribution is 5.87. The van der Waals surface area contributed by atoms with E-state index in [2.05, 4.69) is 22.6 Å². The maximum Gasteiger partial charge on any atom is 0.333 e. The molecule has 0 aromatic rings. The minimum absolute atomic E-state index is 0.190. The Kier molecular flexibility index (Phi) is 6.70. The van der Waals surface area contributed by atoms with Crippen LogP contribution in [0.1, 0.15) is 6.42 Å². The van der Waals surface area contributed by atoms with Gasteiger partial charge in [-0.05, 0) is 6.42 Å². The fourth-order valence-electron chi connectivity index (χ4n) is 0.575. The van der Waals surface area contributed by atoms with Crippen LogP contribution in [0, 0.1) is 0 Å². The van der Waals surface area contributed by atoms with Crippen molar-refractivity contribution >= 4 is 5.97 Å². The fraction of sp³-hybridized carbons (Fsp3) is 0.500. The van der Waals surface area contributed by atoms with Crippen LogP contribution in [-0.4, -0.2) is 37.5 Å². The first-order chi connectivity index (χ1) is 6.65.